The van der Waals surface area contributed by atoms with E-state index in [1.165, 1.54) is 0 Å². The van der Waals surface area contributed by atoms with Gasteiger partial charge in [0.25, 0.3) is 0 Å². The summed E-state index contributed by atoms with van der Waals surface area (Å²) in [6.07, 6.45) is 6.43. The summed E-state index contributed by atoms with van der Waals surface area (Å²) in [6, 6.07) is -0.165. The molecule has 2 atom stereocenters. The van der Waals surface area contributed by atoms with Crippen LogP contribution in [-0.2, 0) is 9.59 Å². The summed E-state index contributed by atoms with van der Waals surface area (Å²) in [5, 5.41) is 12.3. The van der Waals surface area contributed by atoms with E-state index < -0.39 is 11.9 Å². The number of rotatable bonds is 3. The van der Waals surface area contributed by atoms with E-state index in [0.29, 0.717) is 6.42 Å². The Hall–Kier alpha value is -0.710. The summed E-state index contributed by atoms with van der Waals surface area (Å²) in [5.74, 6) is 1.11. The molecule has 0 spiro atoms. The molecule has 1 heterocycles. The van der Waals surface area contributed by atoms with E-state index in [9.17, 15) is 14.7 Å². The number of hydrogen-bond donors (Lipinski definition) is 2. The minimum Gasteiger partial charge on any atom is -0.481 e. The van der Waals surface area contributed by atoms with Crippen molar-refractivity contribution in [3.8, 4) is 0 Å². The van der Waals surface area contributed by atoms with Gasteiger partial charge in [0.1, 0.15) is 0 Å². The molecule has 1 aliphatic heterocycles. The van der Waals surface area contributed by atoms with E-state index in [2.05, 4.69) is 5.32 Å². The lowest BCUT2D eigenvalue weighted by Gasteiger charge is -2.27. The first kappa shape index (κ1) is 14.7. The van der Waals surface area contributed by atoms with E-state index in [1.54, 1.807) is 0 Å². The second-order valence-corrected chi connectivity index (χ2v) is 6.81. The Kier molecular flexibility index (Phi) is 5.55. The summed E-state index contributed by atoms with van der Waals surface area (Å²) in [7, 11) is 0. The molecule has 108 valence electrons. The van der Waals surface area contributed by atoms with Crippen molar-refractivity contribution in [1.29, 1.82) is 0 Å². The Morgan fingerprint density at radius 3 is 2.37 bits per heavy atom. The average molecular weight is 285 g/mol. The number of carboxylic acids is 1. The number of carbonyl (C=O) groups excluding carboxylic acids is 1. The predicted octanol–water partition coefficient (Wildman–Crippen LogP) is 2.28. The first-order valence-corrected chi connectivity index (χ1v) is 8.45. The van der Waals surface area contributed by atoms with Gasteiger partial charge in [-0.3, -0.25) is 9.59 Å². The molecule has 1 saturated carbocycles. The van der Waals surface area contributed by atoms with E-state index in [4.69, 9.17) is 0 Å². The molecule has 1 aliphatic carbocycles. The molecule has 0 aromatic carbocycles. The van der Waals surface area contributed by atoms with Crippen molar-refractivity contribution in [2.24, 2.45) is 11.8 Å². The Morgan fingerprint density at radius 1 is 1.00 bits per heavy atom. The fourth-order valence-corrected chi connectivity index (χ4v) is 4.14. The summed E-state index contributed by atoms with van der Waals surface area (Å²) < 4.78 is 0. The van der Waals surface area contributed by atoms with Gasteiger partial charge in [-0.2, -0.15) is 11.8 Å². The molecule has 0 radical (unpaired) electrons. The third kappa shape index (κ3) is 4.13. The van der Waals surface area contributed by atoms with Crippen molar-refractivity contribution in [1.82, 2.24) is 5.32 Å². The van der Waals surface area contributed by atoms with Gasteiger partial charge in [0.2, 0.25) is 5.91 Å². The first-order valence-electron chi connectivity index (χ1n) is 7.29. The minimum absolute atomic E-state index is 0.0819. The van der Waals surface area contributed by atoms with Crippen molar-refractivity contribution >= 4 is 23.6 Å². The SMILES string of the molecule is O=C(N[C@H]1CCCCC[C@H]1C(=O)O)C1CCSCC1. The van der Waals surface area contributed by atoms with Gasteiger partial charge in [-0.05, 0) is 37.2 Å². The highest BCUT2D eigenvalue weighted by molar-refractivity contribution is 7.99. The molecule has 2 fully saturated rings. The van der Waals surface area contributed by atoms with Crippen LogP contribution in [0.25, 0.3) is 0 Å². The Labute approximate surface area is 118 Å². The molecule has 0 aromatic rings. The number of carbonyl (C=O) groups is 2. The van der Waals surface area contributed by atoms with Crippen LogP contribution in [-0.4, -0.2) is 34.5 Å². The lowest BCUT2D eigenvalue weighted by atomic mass is 9.93. The maximum absolute atomic E-state index is 12.2. The van der Waals surface area contributed by atoms with Crippen LogP contribution in [0.3, 0.4) is 0 Å². The normalized spacial score (nSPS) is 29.5. The van der Waals surface area contributed by atoms with Crippen molar-refractivity contribution in [2.75, 3.05) is 11.5 Å². The second kappa shape index (κ2) is 7.17. The maximum Gasteiger partial charge on any atom is 0.308 e. The zero-order valence-corrected chi connectivity index (χ0v) is 12.1. The molecular formula is C14H23NO3S. The molecule has 1 saturated heterocycles. The molecule has 0 unspecified atom stereocenters. The zero-order chi connectivity index (χ0) is 13.7. The van der Waals surface area contributed by atoms with Gasteiger partial charge in [-0.15, -0.1) is 0 Å². The smallest absolute Gasteiger partial charge is 0.308 e. The summed E-state index contributed by atoms with van der Waals surface area (Å²) >= 11 is 1.90. The maximum atomic E-state index is 12.2. The molecule has 0 aromatic heterocycles. The lowest BCUT2D eigenvalue weighted by Crippen LogP contribution is -2.45. The number of aliphatic carboxylic acids is 1. The van der Waals surface area contributed by atoms with Crippen LogP contribution in [0.15, 0.2) is 0 Å². The minimum atomic E-state index is -0.758. The fourth-order valence-electron chi connectivity index (χ4n) is 3.04. The number of carboxylic acid groups (broad SMARTS) is 1. The van der Waals surface area contributed by atoms with Crippen LogP contribution < -0.4 is 5.32 Å². The third-order valence-corrected chi connectivity index (χ3v) is 5.30. The summed E-state index contributed by atoms with van der Waals surface area (Å²) in [4.78, 5) is 23.6. The molecule has 2 N–H and O–H groups in total. The average Bonchev–Trinajstić information content (AvgIpc) is 2.65. The highest BCUT2D eigenvalue weighted by Gasteiger charge is 2.32. The van der Waals surface area contributed by atoms with Gasteiger partial charge < -0.3 is 10.4 Å². The number of thioether (sulfide) groups is 1. The summed E-state index contributed by atoms with van der Waals surface area (Å²) in [6.45, 7) is 0. The van der Waals surface area contributed by atoms with Crippen LogP contribution >= 0.6 is 11.8 Å². The molecule has 5 heteroatoms. The van der Waals surface area contributed by atoms with Gasteiger partial charge in [0.15, 0.2) is 0 Å². The Morgan fingerprint density at radius 2 is 1.68 bits per heavy atom. The summed E-state index contributed by atoms with van der Waals surface area (Å²) in [5.41, 5.74) is 0. The van der Waals surface area contributed by atoms with Crippen LogP contribution in [0.2, 0.25) is 0 Å². The molecule has 4 nitrogen and oxygen atoms in total. The number of nitrogens with one attached hydrogen (secondary N) is 1. The molecular weight excluding hydrogens is 262 g/mol. The molecule has 1 amide bonds. The predicted molar refractivity (Wildman–Crippen MR) is 76.2 cm³/mol. The van der Waals surface area contributed by atoms with E-state index >= 15 is 0 Å². The van der Waals surface area contributed by atoms with Gasteiger partial charge in [0.05, 0.1) is 5.92 Å². The topological polar surface area (TPSA) is 66.4 Å². The third-order valence-electron chi connectivity index (χ3n) is 4.25. The van der Waals surface area contributed by atoms with Gasteiger partial charge >= 0.3 is 5.97 Å². The van der Waals surface area contributed by atoms with E-state index in [-0.39, 0.29) is 17.9 Å². The highest BCUT2D eigenvalue weighted by Crippen LogP contribution is 2.26. The van der Waals surface area contributed by atoms with Crippen LogP contribution in [0.4, 0.5) is 0 Å². The Bertz CT molecular complexity index is 329. The van der Waals surface area contributed by atoms with Gasteiger partial charge in [0, 0.05) is 12.0 Å². The van der Waals surface area contributed by atoms with Crippen molar-refractivity contribution in [2.45, 2.75) is 51.0 Å². The lowest BCUT2D eigenvalue weighted by molar-refractivity contribution is -0.143. The van der Waals surface area contributed by atoms with Crippen LogP contribution in [0.1, 0.15) is 44.9 Å². The molecule has 0 bridgehead atoms. The van der Waals surface area contributed by atoms with Gasteiger partial charge in [-0.25, -0.2) is 0 Å². The van der Waals surface area contributed by atoms with Crippen LogP contribution in [0.5, 0.6) is 0 Å². The number of amides is 1. The van der Waals surface area contributed by atoms with Crippen molar-refractivity contribution < 1.29 is 14.7 Å². The highest BCUT2D eigenvalue weighted by atomic mass is 32.2. The zero-order valence-electron chi connectivity index (χ0n) is 11.3. The largest absolute Gasteiger partial charge is 0.481 e. The number of hydrogen-bond acceptors (Lipinski definition) is 3. The standard InChI is InChI=1S/C14H23NO3S/c16-13(10-6-8-19-9-7-10)15-12-5-3-1-2-4-11(12)14(17)18/h10-12H,1-9H2,(H,15,16)(H,17,18)/t11-,12+/m1/s1. The van der Waals surface area contributed by atoms with Crippen molar-refractivity contribution in [3.63, 3.8) is 0 Å². The van der Waals surface area contributed by atoms with E-state index in [0.717, 1.165) is 50.0 Å². The monoisotopic (exact) mass is 285 g/mol. The second-order valence-electron chi connectivity index (χ2n) is 5.58. The first-order chi connectivity index (χ1) is 9.18. The molecule has 19 heavy (non-hydrogen) atoms. The quantitative estimate of drug-likeness (QED) is 0.781. The van der Waals surface area contributed by atoms with Crippen molar-refractivity contribution in [3.05, 3.63) is 0 Å². The molecule has 2 rings (SSSR count). The molecule has 2 aliphatic rings. The Balaban J connectivity index is 1.93. The van der Waals surface area contributed by atoms with Gasteiger partial charge in [-0.1, -0.05) is 19.3 Å². The van der Waals surface area contributed by atoms with E-state index in [1.807, 2.05) is 11.8 Å². The van der Waals surface area contributed by atoms with Crippen LogP contribution in [0, 0.1) is 11.8 Å². The fraction of sp³-hybridized carbons (Fsp3) is 0.857.